The van der Waals surface area contributed by atoms with Gasteiger partial charge in [0.2, 0.25) is 0 Å². The first kappa shape index (κ1) is 20.0. The Balaban J connectivity index is 1.93. The van der Waals surface area contributed by atoms with Crippen molar-refractivity contribution in [2.24, 2.45) is 0 Å². The van der Waals surface area contributed by atoms with E-state index < -0.39 is 0 Å². The van der Waals surface area contributed by atoms with Gasteiger partial charge in [-0.2, -0.15) is 0 Å². The molecule has 0 atom stereocenters. The number of aryl methyl sites for hydroxylation is 2. The number of hydrogen-bond acceptors (Lipinski definition) is 3. The van der Waals surface area contributed by atoms with Crippen molar-refractivity contribution < 1.29 is 14.3 Å². The zero-order chi connectivity index (χ0) is 19.3. The molecule has 2 amide bonds. The van der Waals surface area contributed by atoms with E-state index >= 15 is 0 Å². The number of hydrogen-bond donors (Lipinski definition) is 2. The topological polar surface area (TPSA) is 67.4 Å². The predicted molar refractivity (Wildman–Crippen MR) is 107 cm³/mol. The van der Waals surface area contributed by atoms with Crippen LogP contribution in [0.1, 0.15) is 35.3 Å². The van der Waals surface area contributed by atoms with Crippen molar-refractivity contribution in [3.05, 3.63) is 57.6 Å². The second kappa shape index (κ2) is 8.85. The summed E-state index contributed by atoms with van der Waals surface area (Å²) in [5.74, 6) is 0.317. The van der Waals surface area contributed by atoms with E-state index in [0.29, 0.717) is 17.0 Å². The third-order valence-electron chi connectivity index (χ3n) is 3.62. The number of amides is 2. The molecule has 2 N–H and O–H groups in total. The van der Waals surface area contributed by atoms with Gasteiger partial charge in [0.15, 0.2) is 6.61 Å². The van der Waals surface area contributed by atoms with Crippen LogP contribution < -0.4 is 15.4 Å². The van der Waals surface area contributed by atoms with Crippen molar-refractivity contribution in [2.45, 2.75) is 33.7 Å². The lowest BCUT2D eigenvalue weighted by Crippen LogP contribution is -2.30. The first-order valence-electron chi connectivity index (χ1n) is 8.36. The minimum Gasteiger partial charge on any atom is -0.483 e. The molecule has 0 aromatic heterocycles. The van der Waals surface area contributed by atoms with Gasteiger partial charge in [0.05, 0.1) is 0 Å². The summed E-state index contributed by atoms with van der Waals surface area (Å²) >= 11 is 3.44. The van der Waals surface area contributed by atoms with E-state index in [1.807, 2.05) is 39.8 Å². The molecule has 0 saturated heterocycles. The molecule has 0 heterocycles. The number of rotatable bonds is 6. The lowest BCUT2D eigenvalue weighted by Gasteiger charge is -2.13. The summed E-state index contributed by atoms with van der Waals surface area (Å²) in [6.45, 7) is 7.60. The molecule has 26 heavy (non-hydrogen) atoms. The molecule has 0 aliphatic heterocycles. The molecule has 2 aromatic carbocycles. The summed E-state index contributed by atoms with van der Waals surface area (Å²) in [7, 11) is 0. The number of anilines is 1. The van der Waals surface area contributed by atoms with Crippen LogP contribution in [-0.4, -0.2) is 24.5 Å². The molecule has 2 rings (SSSR count). The Morgan fingerprint density at radius 2 is 1.65 bits per heavy atom. The van der Waals surface area contributed by atoms with Crippen LogP contribution in [0.3, 0.4) is 0 Å². The van der Waals surface area contributed by atoms with Crippen molar-refractivity contribution in [3.63, 3.8) is 0 Å². The highest BCUT2D eigenvalue weighted by atomic mass is 79.9. The maximum Gasteiger partial charge on any atom is 0.262 e. The lowest BCUT2D eigenvalue weighted by atomic mass is 10.1. The monoisotopic (exact) mass is 418 g/mol. The third kappa shape index (κ3) is 5.59. The lowest BCUT2D eigenvalue weighted by molar-refractivity contribution is -0.118. The minimum absolute atomic E-state index is 0.0737. The van der Waals surface area contributed by atoms with Crippen LogP contribution >= 0.6 is 15.9 Å². The van der Waals surface area contributed by atoms with E-state index in [1.54, 1.807) is 24.3 Å². The first-order chi connectivity index (χ1) is 12.3. The largest absolute Gasteiger partial charge is 0.483 e. The van der Waals surface area contributed by atoms with Gasteiger partial charge in [0.25, 0.3) is 11.8 Å². The molecule has 6 heteroatoms. The quantitative estimate of drug-likeness (QED) is 0.737. The van der Waals surface area contributed by atoms with E-state index in [-0.39, 0.29) is 24.5 Å². The van der Waals surface area contributed by atoms with E-state index in [0.717, 1.165) is 15.6 Å². The smallest absolute Gasteiger partial charge is 0.262 e. The Bertz CT molecular complexity index is 778. The van der Waals surface area contributed by atoms with Crippen LogP contribution in [-0.2, 0) is 4.79 Å². The molecule has 0 bridgehead atoms. The highest BCUT2D eigenvalue weighted by Crippen LogP contribution is 2.27. The van der Waals surface area contributed by atoms with Gasteiger partial charge in [-0.1, -0.05) is 15.9 Å². The Hall–Kier alpha value is -2.34. The third-order valence-corrected chi connectivity index (χ3v) is 4.08. The average molecular weight is 419 g/mol. The zero-order valence-electron chi connectivity index (χ0n) is 15.4. The van der Waals surface area contributed by atoms with Gasteiger partial charge in [-0.25, -0.2) is 0 Å². The molecular formula is C20H23BrN2O3. The van der Waals surface area contributed by atoms with Crippen LogP contribution in [0.15, 0.2) is 40.9 Å². The molecule has 0 spiro atoms. The standard InChI is InChI=1S/C20H23BrN2O3/c1-12(2)22-20(25)15-5-7-17(8-6-15)23-18(24)11-26-19-13(3)9-16(21)10-14(19)4/h5-10,12H,11H2,1-4H3,(H,22,25)(H,23,24). The number of carbonyl (C=O) groups excluding carboxylic acids is 2. The van der Waals surface area contributed by atoms with Crippen molar-refractivity contribution in [1.82, 2.24) is 5.32 Å². The van der Waals surface area contributed by atoms with Crippen LogP contribution in [0.4, 0.5) is 5.69 Å². The van der Waals surface area contributed by atoms with Crippen molar-refractivity contribution >= 4 is 33.4 Å². The molecule has 0 aliphatic carbocycles. The molecule has 0 saturated carbocycles. The van der Waals surface area contributed by atoms with E-state index in [9.17, 15) is 9.59 Å². The number of carbonyl (C=O) groups is 2. The molecule has 138 valence electrons. The SMILES string of the molecule is Cc1cc(Br)cc(C)c1OCC(=O)Nc1ccc(C(=O)NC(C)C)cc1. The predicted octanol–water partition coefficient (Wildman–Crippen LogP) is 4.22. The molecule has 5 nitrogen and oxygen atoms in total. The average Bonchev–Trinajstić information content (AvgIpc) is 2.53. The van der Waals surface area contributed by atoms with Crippen molar-refractivity contribution in [3.8, 4) is 5.75 Å². The van der Waals surface area contributed by atoms with Crippen LogP contribution in [0.2, 0.25) is 0 Å². The fourth-order valence-corrected chi connectivity index (χ4v) is 3.20. The summed E-state index contributed by atoms with van der Waals surface area (Å²) < 4.78 is 6.64. The van der Waals surface area contributed by atoms with E-state index in [2.05, 4.69) is 26.6 Å². The number of halogens is 1. The molecule has 0 fully saturated rings. The van der Waals surface area contributed by atoms with Gasteiger partial charge in [-0.05, 0) is 75.2 Å². The summed E-state index contributed by atoms with van der Waals surface area (Å²) in [4.78, 5) is 24.0. The van der Waals surface area contributed by atoms with E-state index in [4.69, 9.17) is 4.74 Å². The second-order valence-electron chi connectivity index (χ2n) is 6.41. The maximum absolute atomic E-state index is 12.1. The summed E-state index contributed by atoms with van der Waals surface area (Å²) in [5.41, 5.74) is 3.09. The number of nitrogens with one attached hydrogen (secondary N) is 2. The summed E-state index contributed by atoms with van der Waals surface area (Å²) in [5, 5.41) is 5.59. The Kier molecular flexibility index (Phi) is 6.80. The number of ether oxygens (including phenoxy) is 1. The van der Waals surface area contributed by atoms with Gasteiger partial charge < -0.3 is 15.4 Å². The van der Waals surface area contributed by atoms with Gasteiger partial charge in [0, 0.05) is 21.8 Å². The van der Waals surface area contributed by atoms with Crippen molar-refractivity contribution in [2.75, 3.05) is 11.9 Å². The van der Waals surface area contributed by atoms with Gasteiger partial charge >= 0.3 is 0 Å². The minimum atomic E-state index is -0.258. The second-order valence-corrected chi connectivity index (χ2v) is 7.33. The van der Waals surface area contributed by atoms with Gasteiger partial charge in [-0.15, -0.1) is 0 Å². The van der Waals surface area contributed by atoms with Crippen LogP contribution in [0.25, 0.3) is 0 Å². The van der Waals surface area contributed by atoms with Crippen LogP contribution in [0, 0.1) is 13.8 Å². The van der Waals surface area contributed by atoms with Crippen LogP contribution in [0.5, 0.6) is 5.75 Å². The normalized spacial score (nSPS) is 10.5. The fourth-order valence-electron chi connectivity index (χ4n) is 2.51. The molecular weight excluding hydrogens is 396 g/mol. The van der Waals surface area contributed by atoms with Crippen molar-refractivity contribution in [1.29, 1.82) is 0 Å². The van der Waals surface area contributed by atoms with E-state index in [1.165, 1.54) is 0 Å². The summed E-state index contributed by atoms with van der Waals surface area (Å²) in [6.07, 6.45) is 0. The molecule has 0 unspecified atom stereocenters. The highest BCUT2D eigenvalue weighted by molar-refractivity contribution is 9.10. The first-order valence-corrected chi connectivity index (χ1v) is 9.16. The van der Waals surface area contributed by atoms with Gasteiger partial charge in [-0.3, -0.25) is 9.59 Å². The zero-order valence-corrected chi connectivity index (χ0v) is 16.9. The fraction of sp³-hybridized carbons (Fsp3) is 0.300. The Morgan fingerprint density at radius 1 is 1.08 bits per heavy atom. The Labute approximate surface area is 162 Å². The molecule has 2 aromatic rings. The maximum atomic E-state index is 12.1. The highest BCUT2D eigenvalue weighted by Gasteiger charge is 2.10. The number of benzene rings is 2. The molecule has 0 aliphatic rings. The Morgan fingerprint density at radius 3 is 2.19 bits per heavy atom. The molecule has 0 radical (unpaired) electrons. The summed E-state index contributed by atoms with van der Waals surface area (Å²) in [6, 6.07) is 10.7. The van der Waals surface area contributed by atoms with Gasteiger partial charge in [0.1, 0.15) is 5.75 Å².